The summed E-state index contributed by atoms with van der Waals surface area (Å²) in [5.41, 5.74) is 0.886. The Bertz CT molecular complexity index is 1180. The molecule has 3 aromatic carbocycles. The Hall–Kier alpha value is -3.80. The van der Waals surface area contributed by atoms with Crippen molar-refractivity contribution in [1.82, 2.24) is 0 Å². The molecular weight excluding hydrogens is 444 g/mol. The first-order valence-electron chi connectivity index (χ1n) is 11.9. The molecular formula is C29H32O6. The number of ketones is 1. The van der Waals surface area contributed by atoms with Crippen LogP contribution < -0.4 is 14.2 Å². The first kappa shape index (κ1) is 25.8. The van der Waals surface area contributed by atoms with E-state index in [0.717, 1.165) is 23.6 Å². The Labute approximate surface area is 206 Å². The molecule has 3 rings (SSSR count). The number of Topliss-reactive ketones (excluding diaryl/α,β-unsaturated/α-hetero) is 1. The summed E-state index contributed by atoms with van der Waals surface area (Å²) in [7, 11) is 0. The number of hydrogen-bond donors (Lipinski definition) is 0. The lowest BCUT2D eigenvalue weighted by Crippen LogP contribution is -2.25. The minimum absolute atomic E-state index is 0.156. The normalized spacial score (nSPS) is 11.5. The lowest BCUT2D eigenvalue weighted by Gasteiger charge is -2.22. The molecule has 0 aromatic heterocycles. The zero-order chi connectivity index (χ0) is 25.2. The Morgan fingerprint density at radius 2 is 1.71 bits per heavy atom. The fourth-order valence-electron chi connectivity index (χ4n) is 3.67. The minimum Gasteiger partial charge on any atom is -0.489 e. The molecule has 0 saturated heterocycles. The van der Waals surface area contributed by atoms with Crippen molar-refractivity contribution < 1.29 is 28.5 Å². The van der Waals surface area contributed by atoms with Gasteiger partial charge in [0.05, 0.1) is 12.2 Å². The number of carbonyl (C=O) groups excluding carboxylic acids is 2. The second-order valence-corrected chi connectivity index (χ2v) is 8.04. The van der Waals surface area contributed by atoms with E-state index in [4.69, 9.17) is 18.9 Å². The summed E-state index contributed by atoms with van der Waals surface area (Å²) in [5.74, 6) is 0.999. The summed E-state index contributed by atoms with van der Waals surface area (Å²) in [4.78, 5) is 24.4. The van der Waals surface area contributed by atoms with Crippen LogP contribution in [0, 0.1) is 0 Å². The van der Waals surface area contributed by atoms with E-state index in [1.807, 2.05) is 24.3 Å². The molecule has 0 spiro atoms. The zero-order valence-corrected chi connectivity index (χ0v) is 20.5. The van der Waals surface area contributed by atoms with Crippen molar-refractivity contribution >= 4 is 22.5 Å². The first-order valence-corrected chi connectivity index (χ1v) is 11.9. The zero-order valence-electron chi connectivity index (χ0n) is 20.5. The smallest absolute Gasteiger partial charge is 0.338 e. The Balaban J connectivity index is 1.85. The molecule has 0 aliphatic rings. The van der Waals surface area contributed by atoms with Crippen molar-refractivity contribution in [2.45, 2.75) is 46.3 Å². The Morgan fingerprint density at radius 3 is 2.43 bits per heavy atom. The molecule has 0 saturated carbocycles. The van der Waals surface area contributed by atoms with Gasteiger partial charge in [-0.15, -0.1) is 0 Å². The summed E-state index contributed by atoms with van der Waals surface area (Å²) in [6, 6.07) is 16.3. The molecule has 0 bridgehead atoms. The van der Waals surface area contributed by atoms with Crippen molar-refractivity contribution in [1.29, 1.82) is 0 Å². The number of carbonyl (C=O) groups is 2. The predicted molar refractivity (Wildman–Crippen MR) is 137 cm³/mol. The fourth-order valence-corrected chi connectivity index (χ4v) is 3.67. The molecule has 0 aliphatic carbocycles. The van der Waals surface area contributed by atoms with Crippen LogP contribution >= 0.6 is 0 Å². The molecule has 0 N–H and O–H groups in total. The number of unbranched alkanes of at least 4 members (excludes halogenated alkanes) is 1. The van der Waals surface area contributed by atoms with Crippen LogP contribution in [-0.2, 0) is 4.74 Å². The van der Waals surface area contributed by atoms with E-state index in [1.165, 1.54) is 6.92 Å². The van der Waals surface area contributed by atoms with Gasteiger partial charge in [0.2, 0.25) is 6.29 Å². The molecule has 35 heavy (non-hydrogen) atoms. The van der Waals surface area contributed by atoms with E-state index in [-0.39, 0.29) is 18.4 Å². The van der Waals surface area contributed by atoms with Crippen LogP contribution in [0.3, 0.4) is 0 Å². The van der Waals surface area contributed by atoms with Gasteiger partial charge in [0.25, 0.3) is 0 Å². The molecule has 6 nitrogen and oxygen atoms in total. The third kappa shape index (κ3) is 6.85. The number of benzene rings is 3. The van der Waals surface area contributed by atoms with Crippen LogP contribution in [0.1, 0.15) is 60.7 Å². The van der Waals surface area contributed by atoms with Crippen LogP contribution in [0.2, 0.25) is 0 Å². The van der Waals surface area contributed by atoms with Crippen LogP contribution in [0.5, 0.6) is 17.2 Å². The van der Waals surface area contributed by atoms with E-state index in [1.54, 1.807) is 43.3 Å². The second kappa shape index (κ2) is 12.6. The van der Waals surface area contributed by atoms with Crippen LogP contribution in [0.4, 0.5) is 0 Å². The number of hydrogen-bond acceptors (Lipinski definition) is 6. The van der Waals surface area contributed by atoms with E-state index in [9.17, 15) is 9.59 Å². The van der Waals surface area contributed by atoms with Gasteiger partial charge in [0, 0.05) is 6.42 Å². The average molecular weight is 477 g/mol. The van der Waals surface area contributed by atoms with Crippen molar-refractivity contribution in [3.05, 3.63) is 78.4 Å². The van der Waals surface area contributed by atoms with Gasteiger partial charge in [0.1, 0.15) is 29.4 Å². The van der Waals surface area contributed by atoms with Gasteiger partial charge >= 0.3 is 5.97 Å². The highest BCUT2D eigenvalue weighted by Gasteiger charge is 2.20. The lowest BCUT2D eigenvalue weighted by molar-refractivity contribution is -0.00262. The highest BCUT2D eigenvalue weighted by molar-refractivity contribution is 5.99. The summed E-state index contributed by atoms with van der Waals surface area (Å²) >= 11 is 0. The predicted octanol–water partition coefficient (Wildman–Crippen LogP) is 6.76. The molecule has 0 heterocycles. The van der Waals surface area contributed by atoms with E-state index < -0.39 is 6.29 Å². The van der Waals surface area contributed by atoms with Gasteiger partial charge in [-0.2, -0.15) is 0 Å². The number of esters is 1. The Kier molecular flexibility index (Phi) is 9.30. The number of ether oxygens (including phenoxy) is 4. The summed E-state index contributed by atoms with van der Waals surface area (Å²) < 4.78 is 23.2. The maximum absolute atomic E-state index is 12.4. The monoisotopic (exact) mass is 476 g/mol. The van der Waals surface area contributed by atoms with E-state index in [0.29, 0.717) is 41.4 Å². The molecule has 1 unspecified atom stereocenters. The fraction of sp³-hybridized carbons (Fsp3) is 0.310. The number of fused-ring (bicyclic) bond motifs is 1. The molecule has 184 valence electrons. The standard InChI is InChI=1S/C29H32O6/c1-5-8-12-27(35-26-11-9-10-25(33-17-6-2)28(26)20(4)30)34-24-16-15-21-18-23(29(31)32-7-3)14-13-22(21)19-24/h6,9-11,13-16,18-19,27H,2,5,7-8,12,17H2,1,3-4H3. The van der Waals surface area contributed by atoms with Gasteiger partial charge in [0.15, 0.2) is 5.78 Å². The maximum Gasteiger partial charge on any atom is 0.338 e. The van der Waals surface area contributed by atoms with Gasteiger partial charge < -0.3 is 18.9 Å². The third-order valence-corrected chi connectivity index (χ3v) is 5.34. The largest absolute Gasteiger partial charge is 0.489 e. The van der Waals surface area contributed by atoms with Gasteiger partial charge in [-0.1, -0.05) is 44.2 Å². The van der Waals surface area contributed by atoms with Gasteiger partial charge in [-0.25, -0.2) is 4.79 Å². The molecule has 6 heteroatoms. The number of rotatable bonds is 13. The van der Waals surface area contributed by atoms with Crippen LogP contribution in [-0.4, -0.2) is 31.3 Å². The first-order chi connectivity index (χ1) is 17.0. The highest BCUT2D eigenvalue weighted by Crippen LogP contribution is 2.31. The maximum atomic E-state index is 12.4. The van der Waals surface area contributed by atoms with Crippen molar-refractivity contribution in [3.63, 3.8) is 0 Å². The molecule has 0 aliphatic heterocycles. The van der Waals surface area contributed by atoms with Gasteiger partial charge in [-0.3, -0.25) is 4.79 Å². The van der Waals surface area contributed by atoms with Crippen LogP contribution in [0.15, 0.2) is 67.3 Å². The molecule has 1 atom stereocenters. The topological polar surface area (TPSA) is 71.1 Å². The third-order valence-electron chi connectivity index (χ3n) is 5.34. The summed E-state index contributed by atoms with van der Waals surface area (Å²) in [5, 5.41) is 1.83. The molecule has 0 fully saturated rings. The lowest BCUT2D eigenvalue weighted by atomic mass is 10.1. The van der Waals surface area contributed by atoms with Gasteiger partial charge in [-0.05, 0) is 67.4 Å². The van der Waals surface area contributed by atoms with Crippen LogP contribution in [0.25, 0.3) is 10.8 Å². The van der Waals surface area contributed by atoms with Crippen molar-refractivity contribution in [2.75, 3.05) is 13.2 Å². The SMILES string of the molecule is C=CCOc1cccc(OC(CCCC)Oc2ccc3cc(C(=O)OCC)ccc3c2)c1C(C)=O. The average Bonchev–Trinajstić information content (AvgIpc) is 2.85. The van der Waals surface area contributed by atoms with Crippen molar-refractivity contribution in [3.8, 4) is 17.2 Å². The second-order valence-electron chi connectivity index (χ2n) is 8.04. The highest BCUT2D eigenvalue weighted by atomic mass is 16.7. The quantitative estimate of drug-likeness (QED) is 0.117. The summed E-state index contributed by atoms with van der Waals surface area (Å²) in [6.45, 7) is 9.64. The minimum atomic E-state index is -0.598. The molecule has 0 amide bonds. The summed E-state index contributed by atoms with van der Waals surface area (Å²) in [6.07, 6.45) is 3.54. The van der Waals surface area contributed by atoms with E-state index in [2.05, 4.69) is 13.5 Å². The molecule has 3 aromatic rings. The Morgan fingerprint density at radius 1 is 0.971 bits per heavy atom. The van der Waals surface area contributed by atoms with Crippen molar-refractivity contribution in [2.24, 2.45) is 0 Å². The molecule has 0 radical (unpaired) electrons. The van der Waals surface area contributed by atoms with E-state index >= 15 is 0 Å².